The van der Waals surface area contributed by atoms with Gasteiger partial charge in [-0.3, -0.25) is 0 Å². The molecule has 0 amide bonds. The average molecular weight is 335 g/mol. The van der Waals surface area contributed by atoms with Crippen molar-refractivity contribution in [2.45, 2.75) is 26.2 Å². The van der Waals surface area contributed by atoms with Gasteiger partial charge in [-0.1, -0.05) is 13.3 Å². The second-order valence-electron chi connectivity index (χ2n) is 3.77. The number of hydrogen-bond acceptors (Lipinski definition) is 4. The lowest BCUT2D eigenvalue weighted by Crippen LogP contribution is -2.17. The molecule has 0 bridgehead atoms. The van der Waals surface area contributed by atoms with E-state index < -0.39 is 0 Å². The molecular formula is C11H18IN3O. The number of nitrogens with zero attached hydrogens (tertiary/aromatic N) is 2. The van der Waals surface area contributed by atoms with Gasteiger partial charge in [-0.15, -0.1) is 0 Å². The molecular weight excluding hydrogens is 317 g/mol. The van der Waals surface area contributed by atoms with Crippen molar-refractivity contribution in [3.05, 3.63) is 16.0 Å². The number of anilines is 1. The zero-order valence-electron chi connectivity index (χ0n) is 9.49. The Kier molecular flexibility index (Phi) is 6.63. The van der Waals surface area contributed by atoms with Gasteiger partial charge in [0.05, 0.1) is 0 Å². The lowest BCUT2D eigenvalue weighted by atomic mass is 10.0. The van der Waals surface area contributed by atoms with Crippen LogP contribution in [0, 0.1) is 9.49 Å². The molecule has 0 saturated carbocycles. The van der Waals surface area contributed by atoms with Gasteiger partial charge in [0.1, 0.15) is 0 Å². The van der Waals surface area contributed by atoms with Gasteiger partial charge in [-0.2, -0.15) is 0 Å². The zero-order chi connectivity index (χ0) is 11.8. The van der Waals surface area contributed by atoms with Crippen LogP contribution in [0.15, 0.2) is 12.4 Å². The largest absolute Gasteiger partial charge is 0.396 e. The number of nitrogens with one attached hydrogen (secondary N) is 1. The highest BCUT2D eigenvalue weighted by molar-refractivity contribution is 14.1. The van der Waals surface area contributed by atoms with E-state index in [1.165, 1.54) is 0 Å². The second kappa shape index (κ2) is 7.78. The van der Waals surface area contributed by atoms with Crippen LogP contribution in [0.25, 0.3) is 0 Å². The van der Waals surface area contributed by atoms with Crippen LogP contribution in [0.3, 0.4) is 0 Å². The Morgan fingerprint density at radius 2 is 2.06 bits per heavy atom. The Morgan fingerprint density at radius 3 is 2.62 bits per heavy atom. The molecule has 0 radical (unpaired) electrons. The minimum Gasteiger partial charge on any atom is -0.396 e. The predicted molar refractivity (Wildman–Crippen MR) is 73.3 cm³/mol. The van der Waals surface area contributed by atoms with Crippen LogP contribution in [0.5, 0.6) is 0 Å². The first kappa shape index (κ1) is 13.6. The molecule has 90 valence electrons. The predicted octanol–water partition coefficient (Wildman–Crippen LogP) is 2.29. The number of aromatic nitrogens is 2. The van der Waals surface area contributed by atoms with Crippen LogP contribution < -0.4 is 5.32 Å². The molecule has 0 spiro atoms. The summed E-state index contributed by atoms with van der Waals surface area (Å²) in [7, 11) is 0. The molecule has 0 aromatic carbocycles. The van der Waals surface area contributed by atoms with Crippen LogP contribution in [0.4, 0.5) is 5.95 Å². The molecule has 0 saturated heterocycles. The second-order valence-corrected chi connectivity index (χ2v) is 5.02. The van der Waals surface area contributed by atoms with Crippen molar-refractivity contribution in [1.29, 1.82) is 0 Å². The van der Waals surface area contributed by atoms with E-state index in [2.05, 4.69) is 44.8 Å². The molecule has 0 aliphatic carbocycles. The number of halogens is 1. The molecule has 0 fully saturated rings. The lowest BCUT2D eigenvalue weighted by molar-refractivity contribution is 0.255. The van der Waals surface area contributed by atoms with Crippen molar-refractivity contribution < 1.29 is 5.11 Å². The maximum absolute atomic E-state index is 8.94. The molecule has 1 rings (SSSR count). The van der Waals surface area contributed by atoms with Crippen LogP contribution in [-0.2, 0) is 0 Å². The zero-order valence-corrected chi connectivity index (χ0v) is 11.6. The van der Waals surface area contributed by atoms with Gasteiger partial charge < -0.3 is 10.4 Å². The van der Waals surface area contributed by atoms with E-state index in [4.69, 9.17) is 5.11 Å². The van der Waals surface area contributed by atoms with E-state index in [1.54, 1.807) is 12.4 Å². The first-order valence-electron chi connectivity index (χ1n) is 5.58. The molecule has 1 aromatic heterocycles. The summed E-state index contributed by atoms with van der Waals surface area (Å²) in [4.78, 5) is 8.36. The standard InChI is InChI=1S/C11H18IN3O/c1-2-3-9(4-5-16)6-13-11-14-7-10(12)8-15-11/h7-9,16H,2-6H2,1H3,(H,13,14,15). The van der Waals surface area contributed by atoms with Crippen LogP contribution >= 0.6 is 22.6 Å². The fourth-order valence-corrected chi connectivity index (χ4v) is 1.86. The van der Waals surface area contributed by atoms with Crippen molar-refractivity contribution in [3.63, 3.8) is 0 Å². The van der Waals surface area contributed by atoms with E-state index in [1.807, 2.05) is 0 Å². The van der Waals surface area contributed by atoms with Crippen molar-refractivity contribution >= 4 is 28.5 Å². The molecule has 5 heteroatoms. The number of aliphatic hydroxyl groups excluding tert-OH is 1. The van der Waals surface area contributed by atoms with Crippen molar-refractivity contribution in [1.82, 2.24) is 9.97 Å². The summed E-state index contributed by atoms with van der Waals surface area (Å²) in [5.41, 5.74) is 0. The van der Waals surface area contributed by atoms with Gasteiger partial charge in [-0.05, 0) is 41.4 Å². The SMILES string of the molecule is CCCC(CCO)CNc1ncc(I)cn1. The first-order valence-corrected chi connectivity index (χ1v) is 6.66. The van der Waals surface area contributed by atoms with Gasteiger partial charge in [-0.25, -0.2) is 9.97 Å². The lowest BCUT2D eigenvalue weighted by Gasteiger charge is -2.15. The summed E-state index contributed by atoms with van der Waals surface area (Å²) < 4.78 is 1.03. The third-order valence-electron chi connectivity index (χ3n) is 2.40. The summed E-state index contributed by atoms with van der Waals surface area (Å²) in [6.45, 7) is 3.24. The third-order valence-corrected chi connectivity index (χ3v) is 2.96. The molecule has 0 aliphatic rings. The van der Waals surface area contributed by atoms with Gasteiger partial charge in [0.2, 0.25) is 5.95 Å². The minimum atomic E-state index is 0.250. The van der Waals surface area contributed by atoms with E-state index in [-0.39, 0.29) is 6.61 Å². The quantitative estimate of drug-likeness (QED) is 0.751. The maximum Gasteiger partial charge on any atom is 0.222 e. The molecule has 0 aliphatic heterocycles. The van der Waals surface area contributed by atoms with Gasteiger partial charge in [0.15, 0.2) is 0 Å². The van der Waals surface area contributed by atoms with Crippen molar-refractivity contribution in [3.8, 4) is 0 Å². The normalized spacial score (nSPS) is 12.4. The molecule has 2 N–H and O–H groups in total. The van der Waals surface area contributed by atoms with Crippen molar-refractivity contribution in [2.24, 2.45) is 5.92 Å². The number of rotatable bonds is 7. The van der Waals surface area contributed by atoms with E-state index in [0.29, 0.717) is 11.9 Å². The fraction of sp³-hybridized carbons (Fsp3) is 0.636. The first-order chi connectivity index (χ1) is 7.76. The van der Waals surface area contributed by atoms with Crippen molar-refractivity contribution in [2.75, 3.05) is 18.5 Å². The van der Waals surface area contributed by atoms with Gasteiger partial charge >= 0.3 is 0 Å². The molecule has 1 unspecified atom stereocenters. The third kappa shape index (κ3) is 5.07. The Labute approximate surface area is 110 Å². The molecule has 1 aromatic rings. The minimum absolute atomic E-state index is 0.250. The van der Waals surface area contributed by atoms with E-state index in [0.717, 1.165) is 29.4 Å². The van der Waals surface area contributed by atoms with Gasteiger partial charge in [0.25, 0.3) is 0 Å². The van der Waals surface area contributed by atoms with Gasteiger partial charge in [0, 0.05) is 29.1 Å². The highest BCUT2D eigenvalue weighted by Gasteiger charge is 2.07. The summed E-state index contributed by atoms with van der Waals surface area (Å²) in [6.07, 6.45) is 6.68. The summed E-state index contributed by atoms with van der Waals surface area (Å²) >= 11 is 2.18. The highest BCUT2D eigenvalue weighted by atomic mass is 127. The Balaban J connectivity index is 2.38. The summed E-state index contributed by atoms with van der Waals surface area (Å²) in [5.74, 6) is 1.16. The van der Waals surface area contributed by atoms with E-state index >= 15 is 0 Å². The number of hydrogen-bond donors (Lipinski definition) is 2. The highest BCUT2D eigenvalue weighted by Crippen LogP contribution is 2.11. The smallest absolute Gasteiger partial charge is 0.222 e. The molecule has 1 atom stereocenters. The molecule has 16 heavy (non-hydrogen) atoms. The van der Waals surface area contributed by atoms with Crippen LogP contribution in [0.2, 0.25) is 0 Å². The Bertz CT molecular complexity index is 286. The summed E-state index contributed by atoms with van der Waals surface area (Å²) in [6, 6.07) is 0. The molecule has 4 nitrogen and oxygen atoms in total. The fourth-order valence-electron chi connectivity index (χ4n) is 1.58. The van der Waals surface area contributed by atoms with Crippen LogP contribution in [-0.4, -0.2) is 28.2 Å². The maximum atomic E-state index is 8.94. The molecule has 1 heterocycles. The number of aliphatic hydroxyl groups is 1. The summed E-state index contributed by atoms with van der Waals surface area (Å²) in [5, 5.41) is 12.1. The Morgan fingerprint density at radius 1 is 1.38 bits per heavy atom. The monoisotopic (exact) mass is 335 g/mol. The van der Waals surface area contributed by atoms with E-state index in [9.17, 15) is 0 Å². The Hall–Kier alpha value is -0.430. The average Bonchev–Trinajstić information content (AvgIpc) is 2.29. The topological polar surface area (TPSA) is 58.0 Å². The van der Waals surface area contributed by atoms with Crippen LogP contribution in [0.1, 0.15) is 26.2 Å².